The third-order valence-electron chi connectivity index (χ3n) is 3.48. The second-order valence-electron chi connectivity index (χ2n) is 4.95. The molecule has 0 bridgehead atoms. The first-order valence-corrected chi connectivity index (χ1v) is 6.52. The topological polar surface area (TPSA) is 53.1 Å². The highest BCUT2D eigenvalue weighted by Crippen LogP contribution is 2.34. The number of halogens is 3. The summed E-state index contributed by atoms with van der Waals surface area (Å²) in [6.07, 6.45) is -3.40. The third kappa shape index (κ3) is 2.66. The molecule has 4 nitrogen and oxygen atoms in total. The lowest BCUT2D eigenvalue weighted by Crippen LogP contribution is -2.30. The minimum absolute atomic E-state index is 0.0993. The van der Waals surface area contributed by atoms with Crippen LogP contribution in [0.15, 0.2) is 30.5 Å². The van der Waals surface area contributed by atoms with Gasteiger partial charge in [-0.15, -0.1) is 0 Å². The highest BCUT2D eigenvalue weighted by molar-refractivity contribution is 5.57. The first-order valence-electron chi connectivity index (χ1n) is 6.52. The van der Waals surface area contributed by atoms with Crippen molar-refractivity contribution in [2.75, 3.05) is 13.2 Å². The van der Waals surface area contributed by atoms with Crippen molar-refractivity contribution in [1.29, 1.82) is 0 Å². The van der Waals surface area contributed by atoms with Gasteiger partial charge in [0.2, 0.25) is 0 Å². The van der Waals surface area contributed by atoms with Crippen LogP contribution in [0.3, 0.4) is 0 Å². The molecule has 2 heterocycles. The number of imidazole rings is 1. The minimum Gasteiger partial charge on any atom is -0.377 e. The molecule has 0 unspecified atom stereocenters. The van der Waals surface area contributed by atoms with Crippen LogP contribution in [0, 0.1) is 0 Å². The maximum absolute atomic E-state index is 12.9. The van der Waals surface area contributed by atoms with Crippen molar-refractivity contribution in [3.05, 3.63) is 41.7 Å². The largest absolute Gasteiger partial charge is 0.434 e. The molecule has 21 heavy (non-hydrogen) atoms. The van der Waals surface area contributed by atoms with Gasteiger partial charge in [-0.1, -0.05) is 24.3 Å². The Bertz CT molecular complexity index is 630. The van der Waals surface area contributed by atoms with Gasteiger partial charge in [-0.05, 0) is 5.56 Å². The predicted molar refractivity (Wildman–Crippen MR) is 70.4 cm³/mol. The molecule has 0 radical (unpaired) electrons. The quantitative estimate of drug-likeness (QED) is 0.947. The SMILES string of the molecule is NCc1ccc(-c2nc(C(F)(F)F)cn2C2COC2)cc1. The van der Waals surface area contributed by atoms with Crippen LogP contribution in [0.25, 0.3) is 11.4 Å². The molecule has 2 N–H and O–H groups in total. The fraction of sp³-hybridized carbons (Fsp3) is 0.357. The van der Waals surface area contributed by atoms with E-state index in [1.165, 1.54) is 0 Å². The number of nitrogens with two attached hydrogens (primary N) is 1. The van der Waals surface area contributed by atoms with Gasteiger partial charge in [-0.2, -0.15) is 13.2 Å². The second-order valence-corrected chi connectivity index (χ2v) is 4.95. The summed E-state index contributed by atoms with van der Waals surface area (Å²) in [5, 5.41) is 0. The Morgan fingerprint density at radius 1 is 1.24 bits per heavy atom. The van der Waals surface area contributed by atoms with Crippen molar-refractivity contribution in [1.82, 2.24) is 9.55 Å². The van der Waals surface area contributed by atoms with E-state index in [-0.39, 0.29) is 6.04 Å². The normalized spacial score (nSPS) is 16.0. The summed E-state index contributed by atoms with van der Waals surface area (Å²) in [4.78, 5) is 3.76. The van der Waals surface area contributed by atoms with E-state index in [4.69, 9.17) is 10.5 Å². The first-order chi connectivity index (χ1) is 9.99. The van der Waals surface area contributed by atoms with Crippen LogP contribution >= 0.6 is 0 Å². The molecule has 7 heteroatoms. The van der Waals surface area contributed by atoms with Crippen LogP contribution < -0.4 is 5.73 Å². The van der Waals surface area contributed by atoms with Crippen molar-refractivity contribution in [3.8, 4) is 11.4 Å². The Hall–Kier alpha value is -1.86. The average Bonchev–Trinajstić information content (AvgIpc) is 2.81. The number of alkyl halides is 3. The van der Waals surface area contributed by atoms with E-state index in [0.717, 1.165) is 11.8 Å². The lowest BCUT2D eigenvalue weighted by molar-refractivity contribution is -0.141. The zero-order chi connectivity index (χ0) is 15.0. The minimum atomic E-state index is -4.46. The van der Waals surface area contributed by atoms with Crippen LogP contribution in [0.5, 0.6) is 0 Å². The summed E-state index contributed by atoms with van der Waals surface area (Å²) in [7, 11) is 0. The summed E-state index contributed by atoms with van der Waals surface area (Å²) < 4.78 is 45.2. The monoisotopic (exact) mass is 297 g/mol. The van der Waals surface area contributed by atoms with Gasteiger partial charge in [-0.25, -0.2) is 4.98 Å². The van der Waals surface area contributed by atoms with Gasteiger partial charge in [0, 0.05) is 18.3 Å². The Balaban J connectivity index is 2.04. The third-order valence-corrected chi connectivity index (χ3v) is 3.48. The van der Waals surface area contributed by atoms with Gasteiger partial charge >= 0.3 is 6.18 Å². The molecule has 1 aromatic carbocycles. The highest BCUT2D eigenvalue weighted by atomic mass is 19.4. The highest BCUT2D eigenvalue weighted by Gasteiger charge is 2.36. The van der Waals surface area contributed by atoms with E-state index in [1.807, 2.05) is 0 Å². The Kier molecular flexibility index (Phi) is 3.46. The average molecular weight is 297 g/mol. The fourth-order valence-electron chi connectivity index (χ4n) is 2.20. The maximum atomic E-state index is 12.9. The molecule has 0 amide bonds. The molecule has 1 aliphatic heterocycles. The maximum Gasteiger partial charge on any atom is 0.434 e. The van der Waals surface area contributed by atoms with E-state index >= 15 is 0 Å². The molecule has 0 saturated carbocycles. The van der Waals surface area contributed by atoms with Crippen molar-refractivity contribution in [2.45, 2.75) is 18.8 Å². The van der Waals surface area contributed by atoms with E-state index < -0.39 is 11.9 Å². The van der Waals surface area contributed by atoms with E-state index in [1.54, 1.807) is 28.8 Å². The number of rotatable bonds is 3. The number of aromatic nitrogens is 2. The fourth-order valence-corrected chi connectivity index (χ4v) is 2.20. The molecule has 2 aromatic rings. The molecule has 1 fully saturated rings. The van der Waals surface area contributed by atoms with Crippen molar-refractivity contribution < 1.29 is 17.9 Å². The second kappa shape index (κ2) is 5.16. The zero-order valence-corrected chi connectivity index (χ0v) is 11.1. The van der Waals surface area contributed by atoms with Crippen molar-refractivity contribution >= 4 is 0 Å². The standard InChI is InChI=1S/C14H14F3N3O/c15-14(16,17)12-6-20(11-7-21-8-11)13(19-12)10-3-1-9(5-18)2-4-10/h1-4,6,11H,5,7-8,18H2. The molecule has 1 aliphatic rings. The van der Waals surface area contributed by atoms with E-state index in [9.17, 15) is 13.2 Å². The van der Waals surface area contributed by atoms with Gasteiger partial charge in [0.25, 0.3) is 0 Å². The summed E-state index contributed by atoms with van der Waals surface area (Å²) >= 11 is 0. The number of nitrogens with zero attached hydrogens (tertiary/aromatic N) is 2. The summed E-state index contributed by atoms with van der Waals surface area (Å²) in [6.45, 7) is 1.20. The molecule has 0 spiro atoms. The molecular weight excluding hydrogens is 283 g/mol. The summed E-state index contributed by atoms with van der Waals surface area (Å²) in [5.74, 6) is 0.305. The first kappa shape index (κ1) is 14.1. The van der Waals surface area contributed by atoms with Gasteiger partial charge < -0.3 is 15.0 Å². The van der Waals surface area contributed by atoms with Crippen LogP contribution in [-0.2, 0) is 17.5 Å². The van der Waals surface area contributed by atoms with Crippen molar-refractivity contribution in [2.24, 2.45) is 5.73 Å². The molecule has 3 rings (SSSR count). The smallest absolute Gasteiger partial charge is 0.377 e. The number of benzene rings is 1. The zero-order valence-electron chi connectivity index (χ0n) is 11.1. The summed E-state index contributed by atoms with van der Waals surface area (Å²) in [5.41, 5.74) is 6.19. The van der Waals surface area contributed by atoms with Crippen molar-refractivity contribution in [3.63, 3.8) is 0 Å². The van der Waals surface area contributed by atoms with Crippen LogP contribution in [0.4, 0.5) is 13.2 Å². The van der Waals surface area contributed by atoms with Crippen LogP contribution in [0.1, 0.15) is 17.3 Å². The molecule has 0 atom stereocenters. The molecule has 112 valence electrons. The lowest BCUT2D eigenvalue weighted by Gasteiger charge is -2.28. The van der Waals surface area contributed by atoms with Gasteiger partial charge in [0.15, 0.2) is 5.69 Å². The predicted octanol–water partition coefficient (Wildman–Crippen LogP) is 2.60. The van der Waals surface area contributed by atoms with Gasteiger partial charge in [0.05, 0.1) is 19.3 Å². The summed E-state index contributed by atoms with van der Waals surface area (Å²) in [6, 6.07) is 6.96. The Morgan fingerprint density at radius 2 is 1.90 bits per heavy atom. The Morgan fingerprint density at radius 3 is 2.38 bits per heavy atom. The number of ether oxygens (including phenoxy) is 1. The number of hydrogen-bond donors (Lipinski definition) is 1. The number of hydrogen-bond acceptors (Lipinski definition) is 3. The van der Waals surface area contributed by atoms with Crippen LogP contribution in [-0.4, -0.2) is 22.8 Å². The molecule has 1 saturated heterocycles. The van der Waals surface area contributed by atoms with Gasteiger partial charge in [-0.3, -0.25) is 0 Å². The lowest BCUT2D eigenvalue weighted by atomic mass is 10.1. The van der Waals surface area contributed by atoms with Crippen LogP contribution in [0.2, 0.25) is 0 Å². The molecule has 1 aromatic heterocycles. The molecular formula is C14H14F3N3O. The molecule has 0 aliphatic carbocycles. The van der Waals surface area contributed by atoms with E-state index in [2.05, 4.69) is 4.98 Å². The Labute approximate surface area is 119 Å². The van der Waals surface area contributed by atoms with E-state index in [0.29, 0.717) is 31.1 Å². The van der Waals surface area contributed by atoms with Gasteiger partial charge in [0.1, 0.15) is 5.82 Å².